The van der Waals surface area contributed by atoms with Crippen molar-refractivity contribution >= 4 is 40.7 Å². The summed E-state index contributed by atoms with van der Waals surface area (Å²) >= 11 is 12.0. The summed E-state index contributed by atoms with van der Waals surface area (Å²) in [4.78, 5) is 23.8. The molecule has 0 heterocycles. The molecule has 0 aliphatic rings. The first kappa shape index (κ1) is 19.1. The summed E-state index contributed by atoms with van der Waals surface area (Å²) in [6.45, 7) is 3.66. The molecule has 2 N–H and O–H groups in total. The third kappa shape index (κ3) is 5.66. The van der Waals surface area contributed by atoms with E-state index < -0.39 is 0 Å². The molecule has 0 radical (unpaired) electrons. The number of nitrogens with one attached hydrogen (secondary N) is 2. The van der Waals surface area contributed by atoms with Gasteiger partial charge in [-0.1, -0.05) is 29.3 Å². The predicted octanol–water partition coefficient (Wildman–Crippen LogP) is 4.15. The Morgan fingerprint density at radius 1 is 1.08 bits per heavy atom. The van der Waals surface area contributed by atoms with Crippen molar-refractivity contribution in [3.8, 4) is 5.75 Å². The van der Waals surface area contributed by atoms with Crippen LogP contribution in [0.5, 0.6) is 5.75 Å². The molecule has 0 bridgehead atoms. The zero-order valence-corrected chi connectivity index (χ0v) is 15.3. The van der Waals surface area contributed by atoms with Crippen molar-refractivity contribution in [3.05, 3.63) is 58.1 Å². The van der Waals surface area contributed by atoms with Gasteiger partial charge in [-0.2, -0.15) is 0 Å². The van der Waals surface area contributed by atoms with E-state index >= 15 is 0 Å². The molecule has 7 heteroatoms. The Hall–Kier alpha value is -2.24. The minimum absolute atomic E-state index is 0.0560. The number of ether oxygens (including phenoxy) is 1. The van der Waals surface area contributed by atoms with Crippen LogP contribution in [0.4, 0.5) is 5.69 Å². The van der Waals surface area contributed by atoms with Crippen LogP contribution < -0.4 is 15.4 Å². The average Bonchev–Trinajstić information content (AvgIpc) is 2.57. The molecule has 2 aromatic rings. The van der Waals surface area contributed by atoms with Gasteiger partial charge >= 0.3 is 0 Å². The van der Waals surface area contributed by atoms with Crippen LogP contribution in [-0.2, 0) is 4.79 Å². The van der Waals surface area contributed by atoms with E-state index in [1.807, 2.05) is 13.8 Å². The number of hydrogen-bond donors (Lipinski definition) is 2. The van der Waals surface area contributed by atoms with Crippen molar-refractivity contribution in [2.24, 2.45) is 0 Å². The lowest BCUT2D eigenvalue weighted by molar-refractivity contribution is -0.123. The van der Waals surface area contributed by atoms with E-state index in [9.17, 15) is 9.59 Å². The molecule has 2 rings (SSSR count). The van der Waals surface area contributed by atoms with Crippen molar-refractivity contribution in [1.82, 2.24) is 5.32 Å². The van der Waals surface area contributed by atoms with Gasteiger partial charge in [0.2, 0.25) is 0 Å². The van der Waals surface area contributed by atoms with Gasteiger partial charge in [-0.25, -0.2) is 0 Å². The number of carbonyl (C=O) groups is 2. The third-order valence-electron chi connectivity index (χ3n) is 3.14. The van der Waals surface area contributed by atoms with Crippen LogP contribution in [0.1, 0.15) is 24.2 Å². The fraction of sp³-hybridized carbons (Fsp3) is 0.222. The molecule has 2 amide bonds. The lowest BCUT2D eigenvalue weighted by atomic mass is 10.2. The molecule has 0 aliphatic carbocycles. The highest BCUT2D eigenvalue weighted by atomic mass is 35.5. The number of anilines is 1. The monoisotopic (exact) mass is 380 g/mol. The van der Waals surface area contributed by atoms with Gasteiger partial charge in [-0.15, -0.1) is 0 Å². The maximum atomic E-state index is 12.3. The number of carbonyl (C=O) groups excluding carboxylic acids is 2. The Labute approximate surface area is 156 Å². The van der Waals surface area contributed by atoms with Crippen LogP contribution in [0.25, 0.3) is 0 Å². The van der Waals surface area contributed by atoms with Crippen molar-refractivity contribution in [3.63, 3.8) is 0 Å². The standard InChI is InChI=1S/C18H18Cl2N2O3/c1-11(2)21-16(23)10-25-13-8-6-12(7-9-13)18(24)22-15-5-3-4-14(19)17(15)20/h3-9,11H,10H2,1-2H3,(H,21,23)(H,22,24). The molecule has 0 unspecified atom stereocenters. The molecule has 2 aromatic carbocycles. The molecule has 0 saturated heterocycles. The summed E-state index contributed by atoms with van der Waals surface area (Å²) < 4.78 is 5.37. The topological polar surface area (TPSA) is 67.4 Å². The van der Waals surface area contributed by atoms with Crippen LogP contribution in [-0.4, -0.2) is 24.5 Å². The number of amides is 2. The van der Waals surface area contributed by atoms with Gasteiger partial charge in [0, 0.05) is 11.6 Å². The number of benzene rings is 2. The van der Waals surface area contributed by atoms with E-state index in [0.29, 0.717) is 22.0 Å². The van der Waals surface area contributed by atoms with Crippen molar-refractivity contribution < 1.29 is 14.3 Å². The van der Waals surface area contributed by atoms with Gasteiger partial charge in [0.1, 0.15) is 5.75 Å². The largest absolute Gasteiger partial charge is 0.484 e. The van der Waals surface area contributed by atoms with Gasteiger partial charge in [0.15, 0.2) is 6.61 Å². The second-order valence-electron chi connectivity index (χ2n) is 5.59. The highest BCUT2D eigenvalue weighted by Crippen LogP contribution is 2.29. The van der Waals surface area contributed by atoms with Gasteiger partial charge < -0.3 is 15.4 Å². The lowest BCUT2D eigenvalue weighted by Gasteiger charge is -2.11. The average molecular weight is 381 g/mol. The van der Waals surface area contributed by atoms with Crippen LogP contribution in [0.3, 0.4) is 0 Å². The molecule has 0 aromatic heterocycles. The minimum atomic E-state index is -0.326. The number of halogens is 2. The molecule has 0 fully saturated rings. The Balaban J connectivity index is 1.96. The number of hydrogen-bond acceptors (Lipinski definition) is 3. The first-order chi connectivity index (χ1) is 11.9. The summed E-state index contributed by atoms with van der Waals surface area (Å²) in [5.41, 5.74) is 0.861. The second kappa shape index (κ2) is 8.74. The summed E-state index contributed by atoms with van der Waals surface area (Å²) in [6, 6.07) is 11.5. The molecule has 0 atom stereocenters. The quantitative estimate of drug-likeness (QED) is 0.790. The molecule has 132 valence electrons. The Morgan fingerprint density at radius 2 is 1.76 bits per heavy atom. The Morgan fingerprint density at radius 3 is 2.40 bits per heavy atom. The van der Waals surface area contributed by atoms with Crippen LogP contribution in [0.15, 0.2) is 42.5 Å². The highest BCUT2D eigenvalue weighted by Gasteiger charge is 2.11. The van der Waals surface area contributed by atoms with E-state index in [1.165, 1.54) is 0 Å². The first-order valence-electron chi connectivity index (χ1n) is 7.64. The van der Waals surface area contributed by atoms with E-state index in [1.54, 1.807) is 42.5 Å². The smallest absolute Gasteiger partial charge is 0.258 e. The summed E-state index contributed by atoms with van der Waals surface area (Å²) in [5.74, 6) is -0.0306. The molecule has 0 aliphatic heterocycles. The fourth-order valence-electron chi connectivity index (χ4n) is 2.01. The lowest BCUT2D eigenvalue weighted by Crippen LogP contribution is -2.34. The highest BCUT2D eigenvalue weighted by molar-refractivity contribution is 6.44. The molecular formula is C18H18Cl2N2O3. The van der Waals surface area contributed by atoms with Crippen LogP contribution >= 0.6 is 23.2 Å². The minimum Gasteiger partial charge on any atom is -0.484 e. The second-order valence-corrected chi connectivity index (χ2v) is 6.38. The summed E-state index contributed by atoms with van der Waals surface area (Å²) in [5, 5.41) is 6.08. The van der Waals surface area contributed by atoms with Gasteiger partial charge in [0.05, 0.1) is 15.7 Å². The van der Waals surface area contributed by atoms with Crippen molar-refractivity contribution in [2.75, 3.05) is 11.9 Å². The fourth-order valence-corrected chi connectivity index (χ4v) is 2.36. The maximum Gasteiger partial charge on any atom is 0.258 e. The maximum absolute atomic E-state index is 12.3. The van der Waals surface area contributed by atoms with Gasteiger partial charge in [-0.3, -0.25) is 9.59 Å². The normalized spacial score (nSPS) is 10.4. The van der Waals surface area contributed by atoms with E-state index in [4.69, 9.17) is 27.9 Å². The first-order valence-corrected chi connectivity index (χ1v) is 8.40. The zero-order valence-electron chi connectivity index (χ0n) is 13.8. The van der Waals surface area contributed by atoms with Crippen LogP contribution in [0.2, 0.25) is 10.0 Å². The summed E-state index contributed by atoms with van der Waals surface area (Å²) in [7, 11) is 0. The molecule has 0 spiro atoms. The predicted molar refractivity (Wildman–Crippen MR) is 99.6 cm³/mol. The van der Waals surface area contributed by atoms with Crippen molar-refractivity contribution in [1.29, 1.82) is 0 Å². The van der Waals surface area contributed by atoms with Crippen molar-refractivity contribution in [2.45, 2.75) is 19.9 Å². The zero-order chi connectivity index (χ0) is 18.4. The van der Waals surface area contributed by atoms with E-state index in [0.717, 1.165) is 0 Å². The van der Waals surface area contributed by atoms with Gasteiger partial charge in [-0.05, 0) is 50.2 Å². The molecular weight excluding hydrogens is 363 g/mol. The van der Waals surface area contributed by atoms with Crippen LogP contribution in [0, 0.1) is 0 Å². The SMILES string of the molecule is CC(C)NC(=O)COc1ccc(C(=O)Nc2cccc(Cl)c2Cl)cc1. The Bertz CT molecular complexity index is 761. The number of rotatable bonds is 6. The molecule has 0 saturated carbocycles. The molecule has 5 nitrogen and oxygen atoms in total. The van der Waals surface area contributed by atoms with E-state index in [2.05, 4.69) is 10.6 Å². The Kier molecular flexibility index (Phi) is 6.67. The van der Waals surface area contributed by atoms with E-state index in [-0.39, 0.29) is 29.5 Å². The molecule has 25 heavy (non-hydrogen) atoms. The summed E-state index contributed by atoms with van der Waals surface area (Å²) in [6.07, 6.45) is 0. The van der Waals surface area contributed by atoms with Gasteiger partial charge in [0.25, 0.3) is 11.8 Å². The third-order valence-corrected chi connectivity index (χ3v) is 3.95.